The van der Waals surface area contributed by atoms with E-state index in [2.05, 4.69) is 39.4 Å². The highest BCUT2D eigenvalue weighted by atomic mass is 16.5. The Hall–Kier alpha value is -2.82. The minimum absolute atomic E-state index is 0.687. The molecule has 5 nitrogen and oxygen atoms in total. The average molecular weight is 337 g/mol. The van der Waals surface area contributed by atoms with E-state index < -0.39 is 0 Å². The first-order valence-electron chi connectivity index (χ1n) is 8.43. The van der Waals surface area contributed by atoms with Gasteiger partial charge in [0, 0.05) is 12.8 Å². The van der Waals surface area contributed by atoms with Crippen molar-refractivity contribution in [3.8, 4) is 11.5 Å². The van der Waals surface area contributed by atoms with E-state index in [1.165, 1.54) is 5.56 Å². The fourth-order valence-electron chi connectivity index (χ4n) is 2.80. The van der Waals surface area contributed by atoms with Gasteiger partial charge < -0.3 is 9.47 Å². The van der Waals surface area contributed by atoms with E-state index in [4.69, 9.17) is 9.47 Å². The monoisotopic (exact) mass is 337 g/mol. The summed E-state index contributed by atoms with van der Waals surface area (Å²) in [5, 5.41) is 7.36. The van der Waals surface area contributed by atoms with Gasteiger partial charge in [-0.05, 0) is 36.1 Å². The summed E-state index contributed by atoms with van der Waals surface area (Å²) >= 11 is 0. The Morgan fingerprint density at radius 1 is 0.880 bits per heavy atom. The molecule has 0 radical (unpaired) electrons. The van der Waals surface area contributed by atoms with Gasteiger partial charge in [0.05, 0.1) is 14.2 Å². The lowest BCUT2D eigenvalue weighted by Gasteiger charge is -2.08. The zero-order valence-electron chi connectivity index (χ0n) is 14.7. The molecule has 0 spiro atoms. The molecule has 3 rings (SSSR count). The molecular weight excluding hydrogens is 314 g/mol. The standard InChI is InChI=1S/C20H23N3O2/c1-24-17-12-11-16(13-18(17)25-2)14-20-21-19(22-23-20)10-6-9-15-7-4-3-5-8-15/h3-5,7-8,11-13H,6,9-10,14H2,1-2H3,(H,21,22,23). The normalized spacial score (nSPS) is 10.6. The lowest BCUT2D eigenvalue weighted by Crippen LogP contribution is -1.95. The summed E-state index contributed by atoms with van der Waals surface area (Å²) in [4.78, 5) is 4.60. The van der Waals surface area contributed by atoms with E-state index in [1.54, 1.807) is 14.2 Å². The third kappa shape index (κ3) is 4.59. The SMILES string of the molecule is COc1ccc(Cc2nc(CCCc3ccccc3)n[nH]2)cc1OC. The lowest BCUT2D eigenvalue weighted by atomic mass is 10.1. The quantitative estimate of drug-likeness (QED) is 0.682. The van der Waals surface area contributed by atoms with Crippen molar-refractivity contribution >= 4 is 0 Å². The number of aromatic nitrogens is 3. The lowest BCUT2D eigenvalue weighted by molar-refractivity contribution is 0.354. The number of ether oxygens (including phenoxy) is 2. The van der Waals surface area contributed by atoms with E-state index in [9.17, 15) is 0 Å². The van der Waals surface area contributed by atoms with Gasteiger partial charge >= 0.3 is 0 Å². The van der Waals surface area contributed by atoms with Gasteiger partial charge in [-0.1, -0.05) is 36.4 Å². The Balaban J connectivity index is 1.56. The number of nitrogens with zero attached hydrogens (tertiary/aromatic N) is 2. The second-order valence-electron chi connectivity index (χ2n) is 5.90. The van der Waals surface area contributed by atoms with Crippen LogP contribution in [0.25, 0.3) is 0 Å². The van der Waals surface area contributed by atoms with Gasteiger partial charge in [0.2, 0.25) is 0 Å². The van der Waals surface area contributed by atoms with E-state index in [0.717, 1.165) is 48.0 Å². The largest absolute Gasteiger partial charge is 0.493 e. The van der Waals surface area contributed by atoms with Gasteiger partial charge in [-0.3, -0.25) is 5.10 Å². The molecule has 0 saturated heterocycles. The van der Waals surface area contributed by atoms with Crippen LogP contribution < -0.4 is 9.47 Å². The van der Waals surface area contributed by atoms with Crippen molar-refractivity contribution in [3.63, 3.8) is 0 Å². The second-order valence-corrected chi connectivity index (χ2v) is 5.90. The van der Waals surface area contributed by atoms with Crippen LogP contribution in [0.15, 0.2) is 48.5 Å². The van der Waals surface area contributed by atoms with E-state index >= 15 is 0 Å². The zero-order chi connectivity index (χ0) is 17.5. The number of hydrogen-bond acceptors (Lipinski definition) is 4. The van der Waals surface area contributed by atoms with Gasteiger partial charge in [0.1, 0.15) is 5.82 Å². The molecule has 1 N–H and O–H groups in total. The van der Waals surface area contributed by atoms with Gasteiger partial charge in [0.15, 0.2) is 17.3 Å². The Bertz CT molecular complexity index is 800. The van der Waals surface area contributed by atoms with Crippen LogP contribution in [0.5, 0.6) is 11.5 Å². The third-order valence-corrected chi connectivity index (χ3v) is 4.11. The molecule has 130 valence electrons. The van der Waals surface area contributed by atoms with Gasteiger partial charge in [-0.2, -0.15) is 5.10 Å². The molecule has 0 fully saturated rings. The van der Waals surface area contributed by atoms with Crippen molar-refractivity contribution in [3.05, 3.63) is 71.3 Å². The molecule has 0 aliphatic rings. The zero-order valence-corrected chi connectivity index (χ0v) is 14.7. The van der Waals surface area contributed by atoms with Gasteiger partial charge in [-0.15, -0.1) is 0 Å². The van der Waals surface area contributed by atoms with Crippen LogP contribution in [0.1, 0.15) is 29.2 Å². The Kier molecular flexibility index (Phi) is 5.67. The van der Waals surface area contributed by atoms with Gasteiger partial charge in [-0.25, -0.2) is 4.98 Å². The maximum atomic E-state index is 5.34. The number of rotatable bonds is 8. The fourth-order valence-corrected chi connectivity index (χ4v) is 2.80. The summed E-state index contributed by atoms with van der Waals surface area (Å²) < 4.78 is 10.6. The molecule has 3 aromatic rings. The van der Waals surface area contributed by atoms with Crippen LogP contribution in [-0.4, -0.2) is 29.4 Å². The first-order chi connectivity index (χ1) is 12.3. The minimum Gasteiger partial charge on any atom is -0.493 e. The van der Waals surface area contributed by atoms with Crippen molar-refractivity contribution < 1.29 is 9.47 Å². The molecule has 0 atom stereocenters. The average Bonchev–Trinajstić information content (AvgIpc) is 3.09. The first kappa shape index (κ1) is 17.0. The summed E-state index contributed by atoms with van der Waals surface area (Å²) in [7, 11) is 3.27. The maximum absolute atomic E-state index is 5.34. The van der Waals surface area contributed by atoms with Crippen LogP contribution in [0.4, 0.5) is 0 Å². The molecule has 0 bridgehead atoms. The summed E-state index contributed by atoms with van der Waals surface area (Å²) in [6.45, 7) is 0. The highest BCUT2D eigenvalue weighted by molar-refractivity contribution is 5.43. The number of nitrogens with one attached hydrogen (secondary N) is 1. The van der Waals surface area contributed by atoms with Gasteiger partial charge in [0.25, 0.3) is 0 Å². The molecule has 1 aromatic heterocycles. The first-order valence-corrected chi connectivity index (χ1v) is 8.43. The predicted octanol–water partition coefficient (Wildman–Crippen LogP) is 3.59. The highest BCUT2D eigenvalue weighted by Gasteiger charge is 2.08. The van der Waals surface area contributed by atoms with Crippen LogP contribution in [-0.2, 0) is 19.3 Å². The molecule has 0 aliphatic heterocycles. The number of hydrogen-bond donors (Lipinski definition) is 1. The summed E-state index contributed by atoms with van der Waals surface area (Å²) in [5.41, 5.74) is 2.45. The fraction of sp³-hybridized carbons (Fsp3) is 0.300. The molecule has 0 saturated carbocycles. The minimum atomic E-state index is 0.687. The Morgan fingerprint density at radius 2 is 1.68 bits per heavy atom. The molecule has 25 heavy (non-hydrogen) atoms. The Labute approximate surface area is 148 Å². The van der Waals surface area contributed by atoms with Crippen molar-refractivity contribution in [1.82, 2.24) is 15.2 Å². The number of methoxy groups -OCH3 is 2. The highest BCUT2D eigenvalue weighted by Crippen LogP contribution is 2.28. The summed E-state index contributed by atoms with van der Waals surface area (Å²) in [6, 6.07) is 16.4. The molecule has 0 unspecified atom stereocenters. The van der Waals surface area contributed by atoms with Crippen LogP contribution in [0, 0.1) is 0 Å². The second kappa shape index (κ2) is 8.33. The number of H-pyrrole nitrogens is 1. The number of aromatic amines is 1. The smallest absolute Gasteiger partial charge is 0.161 e. The van der Waals surface area contributed by atoms with Crippen molar-refractivity contribution in [1.29, 1.82) is 0 Å². The topological polar surface area (TPSA) is 60.0 Å². The molecule has 1 heterocycles. The summed E-state index contributed by atoms with van der Waals surface area (Å²) in [6.07, 6.45) is 3.64. The van der Waals surface area contributed by atoms with E-state index in [0.29, 0.717) is 6.42 Å². The molecule has 0 aliphatic carbocycles. The van der Waals surface area contributed by atoms with Crippen molar-refractivity contribution in [2.75, 3.05) is 14.2 Å². The molecule has 5 heteroatoms. The van der Waals surface area contributed by atoms with Crippen LogP contribution in [0.3, 0.4) is 0 Å². The van der Waals surface area contributed by atoms with Crippen molar-refractivity contribution in [2.24, 2.45) is 0 Å². The number of aryl methyl sites for hydroxylation is 2. The Morgan fingerprint density at radius 3 is 2.44 bits per heavy atom. The molecular formula is C20H23N3O2. The van der Waals surface area contributed by atoms with E-state index in [-0.39, 0.29) is 0 Å². The summed E-state index contributed by atoms with van der Waals surface area (Å²) in [5.74, 6) is 3.18. The molecule has 0 amide bonds. The van der Waals surface area contributed by atoms with E-state index in [1.807, 2.05) is 24.3 Å². The predicted molar refractivity (Wildman–Crippen MR) is 97.2 cm³/mol. The maximum Gasteiger partial charge on any atom is 0.161 e. The molecule has 2 aromatic carbocycles. The van der Waals surface area contributed by atoms with Crippen LogP contribution >= 0.6 is 0 Å². The number of benzene rings is 2. The van der Waals surface area contributed by atoms with Crippen LogP contribution in [0.2, 0.25) is 0 Å². The third-order valence-electron chi connectivity index (χ3n) is 4.11. The van der Waals surface area contributed by atoms with Crippen molar-refractivity contribution in [2.45, 2.75) is 25.7 Å².